The van der Waals surface area contributed by atoms with Gasteiger partial charge in [0, 0.05) is 31.9 Å². The average molecular weight is 286 g/mol. The van der Waals surface area contributed by atoms with Crippen molar-refractivity contribution in [2.75, 3.05) is 30.4 Å². The second-order valence-corrected chi connectivity index (χ2v) is 5.08. The van der Waals surface area contributed by atoms with Crippen LogP contribution in [-0.2, 0) is 6.54 Å². The third-order valence-corrected chi connectivity index (χ3v) is 3.47. The van der Waals surface area contributed by atoms with E-state index in [9.17, 15) is 4.79 Å². The summed E-state index contributed by atoms with van der Waals surface area (Å²) < 4.78 is 1.48. The summed E-state index contributed by atoms with van der Waals surface area (Å²) in [7, 11) is 1.94. The summed E-state index contributed by atoms with van der Waals surface area (Å²) in [5.74, 6) is 0. The number of nitrogens with zero attached hydrogens (tertiary/aromatic N) is 3. The summed E-state index contributed by atoms with van der Waals surface area (Å²) in [4.78, 5) is 14.0. The molecule has 1 N–H and O–H groups in total. The standard InChI is InChI=1S/C16H22N4O/c1-4-19(3)15-11-16(21)20(18-12-15)10-9-17-14-7-5-13(2)6-8-14/h5-8,11-12,17H,4,9-10H2,1-3H3. The topological polar surface area (TPSA) is 50.2 Å². The highest BCUT2D eigenvalue weighted by molar-refractivity contribution is 5.44. The summed E-state index contributed by atoms with van der Waals surface area (Å²) in [6.07, 6.45) is 1.73. The fraction of sp³-hybridized carbons (Fsp3) is 0.375. The molecule has 0 aliphatic carbocycles. The molecule has 0 saturated heterocycles. The average Bonchev–Trinajstić information content (AvgIpc) is 2.50. The highest BCUT2D eigenvalue weighted by Crippen LogP contribution is 2.08. The van der Waals surface area contributed by atoms with Gasteiger partial charge in [0.1, 0.15) is 0 Å². The lowest BCUT2D eigenvalue weighted by molar-refractivity contribution is 0.597. The Kier molecular flexibility index (Phi) is 4.98. The molecule has 1 aromatic carbocycles. The van der Waals surface area contributed by atoms with E-state index in [2.05, 4.69) is 29.5 Å². The summed E-state index contributed by atoms with van der Waals surface area (Å²) in [6, 6.07) is 9.81. The third-order valence-electron chi connectivity index (χ3n) is 3.47. The second kappa shape index (κ2) is 6.92. The van der Waals surface area contributed by atoms with Crippen molar-refractivity contribution < 1.29 is 0 Å². The molecule has 0 aliphatic rings. The summed E-state index contributed by atoms with van der Waals surface area (Å²) in [6.45, 7) is 6.15. The second-order valence-electron chi connectivity index (χ2n) is 5.08. The molecule has 0 atom stereocenters. The molecule has 0 radical (unpaired) electrons. The summed E-state index contributed by atoms with van der Waals surface area (Å²) in [5, 5.41) is 7.50. The first-order chi connectivity index (χ1) is 10.1. The van der Waals surface area contributed by atoms with Crippen molar-refractivity contribution in [3.63, 3.8) is 0 Å². The Labute approximate surface area is 125 Å². The van der Waals surface area contributed by atoms with Gasteiger partial charge in [0.05, 0.1) is 18.4 Å². The largest absolute Gasteiger partial charge is 0.383 e. The molecule has 5 nitrogen and oxygen atoms in total. The van der Waals surface area contributed by atoms with Crippen LogP contribution in [0, 0.1) is 6.92 Å². The van der Waals surface area contributed by atoms with Gasteiger partial charge in [-0.25, -0.2) is 4.68 Å². The van der Waals surface area contributed by atoms with Gasteiger partial charge in [-0.3, -0.25) is 4.79 Å². The van der Waals surface area contributed by atoms with Crippen molar-refractivity contribution >= 4 is 11.4 Å². The zero-order chi connectivity index (χ0) is 15.2. The van der Waals surface area contributed by atoms with Crippen molar-refractivity contribution in [2.24, 2.45) is 0 Å². The molecular weight excluding hydrogens is 264 g/mol. The molecular formula is C16H22N4O. The van der Waals surface area contributed by atoms with Crippen LogP contribution in [-0.4, -0.2) is 29.9 Å². The number of hydrogen-bond acceptors (Lipinski definition) is 4. The fourth-order valence-electron chi connectivity index (χ4n) is 1.96. The Morgan fingerprint density at radius 1 is 1.29 bits per heavy atom. The quantitative estimate of drug-likeness (QED) is 0.883. The number of benzene rings is 1. The van der Waals surface area contributed by atoms with E-state index in [-0.39, 0.29) is 5.56 Å². The first-order valence-corrected chi connectivity index (χ1v) is 7.19. The van der Waals surface area contributed by atoms with Crippen LogP contribution in [0.4, 0.5) is 11.4 Å². The molecule has 0 amide bonds. The number of aromatic nitrogens is 2. The monoisotopic (exact) mass is 286 g/mol. The lowest BCUT2D eigenvalue weighted by atomic mass is 10.2. The Balaban J connectivity index is 1.94. The molecule has 112 valence electrons. The minimum absolute atomic E-state index is 0.0708. The van der Waals surface area contributed by atoms with Gasteiger partial charge in [0.15, 0.2) is 0 Å². The first kappa shape index (κ1) is 15.1. The number of hydrogen-bond donors (Lipinski definition) is 1. The molecule has 2 aromatic rings. The van der Waals surface area contributed by atoms with Gasteiger partial charge in [0.25, 0.3) is 5.56 Å². The van der Waals surface area contributed by atoms with E-state index in [4.69, 9.17) is 0 Å². The van der Waals surface area contributed by atoms with Crippen LogP contribution in [0.25, 0.3) is 0 Å². The van der Waals surface area contributed by atoms with Gasteiger partial charge < -0.3 is 10.2 Å². The van der Waals surface area contributed by atoms with E-state index >= 15 is 0 Å². The Morgan fingerprint density at radius 2 is 2.00 bits per heavy atom. The van der Waals surface area contributed by atoms with Gasteiger partial charge in [-0.05, 0) is 26.0 Å². The molecule has 0 fully saturated rings. The Bertz CT molecular complexity index is 633. The van der Waals surface area contributed by atoms with Crippen LogP contribution >= 0.6 is 0 Å². The van der Waals surface area contributed by atoms with E-state index in [1.54, 1.807) is 12.3 Å². The molecule has 0 bridgehead atoms. The molecule has 0 spiro atoms. The summed E-state index contributed by atoms with van der Waals surface area (Å²) in [5.41, 5.74) is 3.06. The number of rotatable bonds is 6. The van der Waals surface area contributed by atoms with Gasteiger partial charge >= 0.3 is 0 Å². The van der Waals surface area contributed by atoms with E-state index in [1.807, 2.05) is 31.0 Å². The van der Waals surface area contributed by atoms with Gasteiger partial charge in [-0.2, -0.15) is 5.10 Å². The fourth-order valence-corrected chi connectivity index (χ4v) is 1.96. The number of nitrogens with one attached hydrogen (secondary N) is 1. The maximum absolute atomic E-state index is 12.0. The highest BCUT2D eigenvalue weighted by Gasteiger charge is 2.03. The number of anilines is 2. The van der Waals surface area contributed by atoms with Crippen LogP contribution in [0.2, 0.25) is 0 Å². The molecule has 2 rings (SSSR count). The predicted octanol–water partition coefficient (Wildman–Crippen LogP) is 2.12. The minimum atomic E-state index is -0.0708. The van der Waals surface area contributed by atoms with E-state index < -0.39 is 0 Å². The molecule has 0 saturated carbocycles. The van der Waals surface area contributed by atoms with E-state index in [0.29, 0.717) is 13.1 Å². The Morgan fingerprint density at radius 3 is 2.62 bits per heavy atom. The number of aryl methyl sites for hydroxylation is 1. The SMILES string of the molecule is CCN(C)c1cnn(CCNc2ccc(C)cc2)c(=O)c1. The van der Waals surface area contributed by atoms with Crippen LogP contribution < -0.4 is 15.8 Å². The lowest BCUT2D eigenvalue weighted by Crippen LogP contribution is -2.27. The third kappa shape index (κ3) is 4.08. The zero-order valence-electron chi connectivity index (χ0n) is 12.8. The van der Waals surface area contributed by atoms with Crippen LogP contribution in [0.3, 0.4) is 0 Å². The minimum Gasteiger partial charge on any atom is -0.383 e. The smallest absolute Gasteiger partial charge is 0.268 e. The van der Waals surface area contributed by atoms with Crippen LogP contribution in [0.15, 0.2) is 41.3 Å². The normalized spacial score (nSPS) is 10.4. The van der Waals surface area contributed by atoms with E-state index in [1.165, 1.54) is 10.2 Å². The van der Waals surface area contributed by atoms with Crippen molar-refractivity contribution in [1.82, 2.24) is 9.78 Å². The molecule has 21 heavy (non-hydrogen) atoms. The molecule has 0 aliphatic heterocycles. The molecule has 1 aromatic heterocycles. The molecule has 0 unspecified atom stereocenters. The van der Waals surface area contributed by atoms with Crippen LogP contribution in [0.1, 0.15) is 12.5 Å². The Hall–Kier alpha value is -2.30. The maximum Gasteiger partial charge on any atom is 0.268 e. The van der Waals surface area contributed by atoms with Crippen molar-refractivity contribution in [2.45, 2.75) is 20.4 Å². The van der Waals surface area contributed by atoms with Crippen molar-refractivity contribution in [3.05, 3.63) is 52.4 Å². The lowest BCUT2D eigenvalue weighted by Gasteiger charge is -2.16. The van der Waals surface area contributed by atoms with Gasteiger partial charge in [0.2, 0.25) is 0 Å². The molecule has 1 heterocycles. The van der Waals surface area contributed by atoms with Crippen molar-refractivity contribution in [1.29, 1.82) is 0 Å². The zero-order valence-corrected chi connectivity index (χ0v) is 12.8. The van der Waals surface area contributed by atoms with Gasteiger partial charge in [-0.15, -0.1) is 0 Å². The first-order valence-electron chi connectivity index (χ1n) is 7.19. The summed E-state index contributed by atoms with van der Waals surface area (Å²) >= 11 is 0. The van der Waals surface area contributed by atoms with E-state index in [0.717, 1.165) is 17.9 Å². The van der Waals surface area contributed by atoms with Crippen molar-refractivity contribution in [3.8, 4) is 0 Å². The molecule has 5 heteroatoms. The predicted molar refractivity (Wildman–Crippen MR) is 87.1 cm³/mol. The van der Waals surface area contributed by atoms with Crippen LogP contribution in [0.5, 0.6) is 0 Å². The maximum atomic E-state index is 12.0. The van der Waals surface area contributed by atoms with Gasteiger partial charge in [-0.1, -0.05) is 17.7 Å². The highest BCUT2D eigenvalue weighted by atomic mass is 16.1.